The lowest BCUT2D eigenvalue weighted by Gasteiger charge is -2.26. The second kappa shape index (κ2) is 6.34. The fraction of sp³-hybridized carbons (Fsp3) is 0.529. The Hall–Kier alpha value is -2.64. The molecule has 1 N–H and O–H groups in total. The molecular weight excluding hydrogens is 322 g/mol. The van der Waals surface area contributed by atoms with Crippen LogP contribution >= 0.6 is 0 Å². The van der Waals surface area contributed by atoms with Crippen LogP contribution in [0.4, 0.5) is 0 Å². The van der Waals surface area contributed by atoms with Crippen LogP contribution in [0.5, 0.6) is 0 Å². The average Bonchev–Trinajstić information content (AvgIpc) is 3.24. The maximum Gasteiger partial charge on any atom is 0.270 e. The molecule has 1 fully saturated rings. The molecule has 3 rings (SSSR count). The monoisotopic (exact) mass is 345 g/mol. The predicted octanol–water partition coefficient (Wildman–Crippen LogP) is 1.64. The summed E-state index contributed by atoms with van der Waals surface area (Å²) < 4.78 is 7.26. The normalized spacial score (nSPS) is 20.3. The Morgan fingerprint density at radius 2 is 2.16 bits per heavy atom. The Morgan fingerprint density at radius 3 is 2.76 bits per heavy atom. The van der Waals surface area contributed by atoms with Crippen LogP contribution < -0.4 is 5.32 Å². The van der Waals surface area contributed by atoms with Crippen molar-refractivity contribution in [1.29, 1.82) is 0 Å². The summed E-state index contributed by atoms with van der Waals surface area (Å²) in [4.78, 5) is 30.7. The highest BCUT2D eigenvalue weighted by Crippen LogP contribution is 2.32. The molecular formula is C17H23N5O3. The van der Waals surface area contributed by atoms with E-state index in [0.717, 1.165) is 0 Å². The van der Waals surface area contributed by atoms with Gasteiger partial charge >= 0.3 is 0 Å². The molecule has 0 radical (unpaired) electrons. The van der Waals surface area contributed by atoms with Crippen molar-refractivity contribution in [1.82, 2.24) is 24.9 Å². The summed E-state index contributed by atoms with van der Waals surface area (Å²) in [6, 6.07) is 3.87. The number of hydrogen-bond donors (Lipinski definition) is 1. The molecule has 8 heteroatoms. The van der Waals surface area contributed by atoms with E-state index < -0.39 is 5.54 Å². The first-order chi connectivity index (χ1) is 11.8. The lowest BCUT2D eigenvalue weighted by Crippen LogP contribution is -2.48. The zero-order valence-corrected chi connectivity index (χ0v) is 14.9. The van der Waals surface area contributed by atoms with Gasteiger partial charge in [0.05, 0.1) is 6.54 Å². The summed E-state index contributed by atoms with van der Waals surface area (Å²) in [5.74, 6) is 0.575. The Kier molecular flexibility index (Phi) is 4.36. The van der Waals surface area contributed by atoms with Gasteiger partial charge in [0.1, 0.15) is 11.2 Å². The van der Waals surface area contributed by atoms with Gasteiger partial charge in [-0.1, -0.05) is 5.16 Å². The van der Waals surface area contributed by atoms with Gasteiger partial charge < -0.3 is 19.3 Å². The van der Waals surface area contributed by atoms with E-state index in [0.29, 0.717) is 36.9 Å². The van der Waals surface area contributed by atoms with Crippen molar-refractivity contribution >= 4 is 11.8 Å². The van der Waals surface area contributed by atoms with Crippen LogP contribution in [-0.4, -0.2) is 44.5 Å². The van der Waals surface area contributed by atoms with Gasteiger partial charge in [-0.05, 0) is 39.3 Å². The molecule has 8 nitrogen and oxygen atoms in total. The topological polar surface area (TPSA) is 93.3 Å². The van der Waals surface area contributed by atoms with Gasteiger partial charge in [-0.25, -0.2) is 0 Å². The van der Waals surface area contributed by atoms with Crippen LogP contribution in [0.2, 0.25) is 0 Å². The SMILES string of the molecule is CC(=O)NC1(c2nc(C)no2)CCN(C(=O)c2cccn2C(C)C)C1. The Bertz CT molecular complexity index is 794. The summed E-state index contributed by atoms with van der Waals surface area (Å²) in [6.45, 7) is 8.04. The minimum atomic E-state index is -0.835. The molecule has 134 valence electrons. The first-order valence-electron chi connectivity index (χ1n) is 8.38. The first kappa shape index (κ1) is 17.2. The van der Waals surface area contributed by atoms with Crippen molar-refractivity contribution in [3.05, 3.63) is 35.7 Å². The summed E-state index contributed by atoms with van der Waals surface area (Å²) >= 11 is 0. The molecule has 1 atom stereocenters. The smallest absolute Gasteiger partial charge is 0.270 e. The van der Waals surface area contributed by atoms with Crippen molar-refractivity contribution in [2.24, 2.45) is 0 Å². The fourth-order valence-corrected chi connectivity index (χ4v) is 3.33. The zero-order valence-electron chi connectivity index (χ0n) is 14.9. The Labute approximate surface area is 146 Å². The van der Waals surface area contributed by atoms with E-state index in [1.807, 2.05) is 36.7 Å². The largest absolute Gasteiger partial charge is 0.341 e. The standard InChI is InChI=1S/C17H23N5O3/c1-11(2)22-8-5-6-14(22)15(24)21-9-7-17(10-21,19-13(4)23)16-18-12(3)20-25-16/h5-6,8,11H,7,9-10H2,1-4H3,(H,19,23). The highest BCUT2D eigenvalue weighted by atomic mass is 16.5. The van der Waals surface area contributed by atoms with Gasteiger partial charge in [0.15, 0.2) is 5.82 Å². The molecule has 2 amide bonds. The van der Waals surface area contributed by atoms with Crippen LogP contribution in [0.1, 0.15) is 55.4 Å². The zero-order chi connectivity index (χ0) is 18.2. The quantitative estimate of drug-likeness (QED) is 0.909. The summed E-state index contributed by atoms with van der Waals surface area (Å²) in [5.41, 5.74) is -0.201. The van der Waals surface area contributed by atoms with E-state index in [2.05, 4.69) is 15.5 Å². The summed E-state index contributed by atoms with van der Waals surface area (Å²) in [5, 5.41) is 6.74. The van der Waals surface area contributed by atoms with Crippen LogP contribution in [0.3, 0.4) is 0 Å². The number of rotatable bonds is 4. The second-order valence-electron chi connectivity index (χ2n) is 6.78. The third kappa shape index (κ3) is 3.16. The molecule has 1 unspecified atom stereocenters. The molecule has 0 spiro atoms. The van der Waals surface area contributed by atoms with Crippen molar-refractivity contribution in [3.8, 4) is 0 Å². The molecule has 2 aromatic heterocycles. The minimum absolute atomic E-state index is 0.0674. The molecule has 0 aromatic carbocycles. The number of nitrogens with one attached hydrogen (secondary N) is 1. The van der Waals surface area contributed by atoms with Crippen molar-refractivity contribution in [3.63, 3.8) is 0 Å². The number of aromatic nitrogens is 3. The van der Waals surface area contributed by atoms with E-state index in [-0.39, 0.29) is 17.9 Å². The maximum absolute atomic E-state index is 13.0. The van der Waals surface area contributed by atoms with Gasteiger partial charge in [-0.2, -0.15) is 4.98 Å². The lowest BCUT2D eigenvalue weighted by atomic mass is 9.98. The number of nitrogens with zero attached hydrogens (tertiary/aromatic N) is 4. The number of amides is 2. The van der Waals surface area contributed by atoms with Crippen LogP contribution in [0.25, 0.3) is 0 Å². The van der Waals surface area contributed by atoms with Crippen molar-refractivity contribution in [2.75, 3.05) is 13.1 Å². The van der Waals surface area contributed by atoms with Gasteiger partial charge in [0.25, 0.3) is 11.8 Å². The van der Waals surface area contributed by atoms with Gasteiger partial charge in [-0.15, -0.1) is 0 Å². The number of carbonyl (C=O) groups is 2. The molecule has 0 aliphatic carbocycles. The highest BCUT2D eigenvalue weighted by Gasteiger charge is 2.46. The van der Waals surface area contributed by atoms with Crippen LogP contribution in [0.15, 0.2) is 22.9 Å². The maximum atomic E-state index is 13.0. The second-order valence-corrected chi connectivity index (χ2v) is 6.78. The molecule has 1 aliphatic rings. The number of aryl methyl sites for hydroxylation is 1. The summed E-state index contributed by atoms with van der Waals surface area (Å²) in [7, 11) is 0. The van der Waals surface area contributed by atoms with Gasteiger partial charge in [0, 0.05) is 25.7 Å². The van der Waals surface area contributed by atoms with E-state index in [1.54, 1.807) is 11.8 Å². The first-order valence-corrected chi connectivity index (χ1v) is 8.38. The molecule has 25 heavy (non-hydrogen) atoms. The van der Waals surface area contributed by atoms with Crippen LogP contribution in [0, 0.1) is 6.92 Å². The molecule has 0 bridgehead atoms. The molecule has 1 saturated heterocycles. The number of hydrogen-bond acceptors (Lipinski definition) is 5. The van der Waals surface area contributed by atoms with E-state index in [1.165, 1.54) is 6.92 Å². The lowest BCUT2D eigenvalue weighted by molar-refractivity contribution is -0.121. The third-order valence-electron chi connectivity index (χ3n) is 4.46. The third-order valence-corrected chi connectivity index (χ3v) is 4.46. The highest BCUT2D eigenvalue weighted by molar-refractivity contribution is 5.93. The van der Waals surface area contributed by atoms with Crippen molar-refractivity contribution < 1.29 is 14.1 Å². The molecule has 2 aromatic rings. The minimum Gasteiger partial charge on any atom is -0.341 e. The van der Waals surface area contributed by atoms with Gasteiger partial charge in [-0.3, -0.25) is 9.59 Å². The van der Waals surface area contributed by atoms with E-state index in [4.69, 9.17) is 4.52 Å². The average molecular weight is 345 g/mol. The predicted molar refractivity (Wildman–Crippen MR) is 89.9 cm³/mol. The Balaban J connectivity index is 1.88. The Morgan fingerprint density at radius 1 is 1.40 bits per heavy atom. The van der Waals surface area contributed by atoms with Gasteiger partial charge in [0.2, 0.25) is 5.91 Å². The van der Waals surface area contributed by atoms with Crippen molar-refractivity contribution in [2.45, 2.75) is 45.7 Å². The summed E-state index contributed by atoms with van der Waals surface area (Å²) in [6.07, 6.45) is 2.43. The molecule has 0 saturated carbocycles. The number of carbonyl (C=O) groups excluding carboxylic acids is 2. The van der Waals surface area contributed by atoms with Crippen LogP contribution in [-0.2, 0) is 10.3 Å². The molecule has 3 heterocycles. The molecule has 1 aliphatic heterocycles. The fourth-order valence-electron chi connectivity index (χ4n) is 3.33. The van der Waals surface area contributed by atoms with E-state index in [9.17, 15) is 9.59 Å². The van der Waals surface area contributed by atoms with E-state index >= 15 is 0 Å². The number of likely N-dealkylation sites (tertiary alicyclic amines) is 1.